The lowest BCUT2D eigenvalue weighted by Crippen LogP contribution is -2.42. The SMILES string of the molecule is Cc1cc(CN2CCC(C)NC(C)CC2)cc(C)c1F. The van der Waals surface area contributed by atoms with Crippen molar-refractivity contribution >= 4 is 0 Å². The molecule has 0 bridgehead atoms. The smallest absolute Gasteiger partial charge is 0.129 e. The Balaban J connectivity index is 2.04. The molecule has 1 aromatic rings. The summed E-state index contributed by atoms with van der Waals surface area (Å²) in [5.41, 5.74) is 2.75. The topological polar surface area (TPSA) is 15.3 Å². The number of hydrogen-bond acceptors (Lipinski definition) is 2. The highest BCUT2D eigenvalue weighted by Gasteiger charge is 2.16. The van der Waals surface area contributed by atoms with Gasteiger partial charge < -0.3 is 5.32 Å². The van der Waals surface area contributed by atoms with E-state index in [4.69, 9.17) is 0 Å². The van der Waals surface area contributed by atoms with Crippen LogP contribution in [0.2, 0.25) is 0 Å². The van der Waals surface area contributed by atoms with E-state index in [2.05, 4.69) is 24.1 Å². The van der Waals surface area contributed by atoms with Crippen molar-refractivity contribution in [3.63, 3.8) is 0 Å². The first-order valence-electron chi connectivity index (χ1n) is 7.69. The van der Waals surface area contributed by atoms with Crippen LogP contribution in [-0.4, -0.2) is 30.1 Å². The van der Waals surface area contributed by atoms with E-state index in [1.54, 1.807) is 0 Å². The fraction of sp³-hybridized carbons (Fsp3) is 0.647. The Morgan fingerprint density at radius 2 is 1.60 bits per heavy atom. The van der Waals surface area contributed by atoms with Gasteiger partial charge in [-0.15, -0.1) is 0 Å². The second-order valence-electron chi connectivity index (χ2n) is 6.37. The maximum Gasteiger partial charge on any atom is 0.129 e. The van der Waals surface area contributed by atoms with Crippen molar-refractivity contribution in [3.05, 3.63) is 34.6 Å². The molecule has 1 N–H and O–H groups in total. The van der Waals surface area contributed by atoms with Crippen LogP contribution in [0.1, 0.15) is 43.4 Å². The molecule has 1 saturated heterocycles. The second kappa shape index (κ2) is 6.68. The summed E-state index contributed by atoms with van der Waals surface area (Å²) in [6.45, 7) is 11.4. The van der Waals surface area contributed by atoms with E-state index in [0.29, 0.717) is 12.1 Å². The molecule has 0 amide bonds. The van der Waals surface area contributed by atoms with E-state index in [0.717, 1.165) is 30.8 Å². The molecule has 2 nitrogen and oxygen atoms in total. The van der Waals surface area contributed by atoms with Gasteiger partial charge >= 0.3 is 0 Å². The second-order valence-corrected chi connectivity index (χ2v) is 6.37. The minimum Gasteiger partial charge on any atom is -0.312 e. The summed E-state index contributed by atoms with van der Waals surface area (Å²) in [5, 5.41) is 3.62. The normalized spacial score (nSPS) is 25.2. The van der Waals surface area contributed by atoms with E-state index < -0.39 is 0 Å². The summed E-state index contributed by atoms with van der Waals surface area (Å²) in [6, 6.07) is 5.13. The van der Waals surface area contributed by atoms with Crippen LogP contribution in [0, 0.1) is 19.7 Å². The van der Waals surface area contributed by atoms with Crippen LogP contribution < -0.4 is 5.32 Å². The Hall–Kier alpha value is -0.930. The lowest BCUT2D eigenvalue weighted by molar-refractivity contribution is 0.212. The highest BCUT2D eigenvalue weighted by molar-refractivity contribution is 5.30. The lowest BCUT2D eigenvalue weighted by atomic mass is 10.0. The van der Waals surface area contributed by atoms with Gasteiger partial charge in [0.05, 0.1) is 0 Å². The summed E-state index contributed by atoms with van der Waals surface area (Å²) in [6.07, 6.45) is 2.34. The molecule has 1 aliphatic heterocycles. The molecule has 2 unspecified atom stereocenters. The van der Waals surface area contributed by atoms with Crippen LogP contribution in [-0.2, 0) is 6.54 Å². The highest BCUT2D eigenvalue weighted by Crippen LogP contribution is 2.17. The zero-order valence-electron chi connectivity index (χ0n) is 13.2. The standard InChI is InChI=1S/C17H27FN2/c1-12-9-16(10-13(2)17(12)18)11-20-7-5-14(3)19-15(4)6-8-20/h9-10,14-15,19H,5-8,11H2,1-4H3. The van der Waals surface area contributed by atoms with Gasteiger partial charge in [-0.25, -0.2) is 4.39 Å². The van der Waals surface area contributed by atoms with Crippen molar-refractivity contribution in [3.8, 4) is 0 Å². The van der Waals surface area contributed by atoms with Crippen LogP contribution >= 0.6 is 0 Å². The molecular formula is C17H27FN2. The Labute approximate surface area is 122 Å². The molecule has 1 fully saturated rings. The predicted molar refractivity (Wildman–Crippen MR) is 82.4 cm³/mol. The number of hydrogen-bond donors (Lipinski definition) is 1. The number of nitrogens with one attached hydrogen (secondary N) is 1. The molecule has 0 aliphatic carbocycles. The van der Waals surface area contributed by atoms with Gasteiger partial charge in [0.2, 0.25) is 0 Å². The third-order valence-electron chi connectivity index (χ3n) is 4.23. The van der Waals surface area contributed by atoms with Crippen LogP contribution in [0.25, 0.3) is 0 Å². The largest absolute Gasteiger partial charge is 0.312 e. The molecule has 0 aromatic heterocycles. The third kappa shape index (κ3) is 4.03. The molecule has 1 aromatic carbocycles. The van der Waals surface area contributed by atoms with Crippen molar-refractivity contribution in [1.29, 1.82) is 0 Å². The van der Waals surface area contributed by atoms with Crippen molar-refractivity contribution in [2.75, 3.05) is 13.1 Å². The number of aryl methyl sites for hydroxylation is 2. The van der Waals surface area contributed by atoms with Gasteiger partial charge in [-0.1, -0.05) is 12.1 Å². The Bertz CT molecular complexity index is 423. The highest BCUT2D eigenvalue weighted by atomic mass is 19.1. The summed E-state index contributed by atoms with van der Waals surface area (Å²) >= 11 is 0. The van der Waals surface area contributed by atoms with E-state index >= 15 is 0 Å². The molecule has 112 valence electrons. The molecule has 2 rings (SSSR count). The van der Waals surface area contributed by atoms with Crippen molar-refractivity contribution in [2.45, 2.75) is 59.2 Å². The Kier molecular flexibility index (Phi) is 5.17. The monoisotopic (exact) mass is 278 g/mol. The first kappa shape index (κ1) is 15.5. The van der Waals surface area contributed by atoms with Crippen molar-refractivity contribution in [2.24, 2.45) is 0 Å². The van der Waals surface area contributed by atoms with Crippen LogP contribution in [0.15, 0.2) is 12.1 Å². The number of rotatable bonds is 2. The molecule has 1 aliphatic rings. The molecule has 20 heavy (non-hydrogen) atoms. The van der Waals surface area contributed by atoms with E-state index in [9.17, 15) is 4.39 Å². The van der Waals surface area contributed by atoms with Gasteiger partial charge in [0.1, 0.15) is 5.82 Å². The zero-order valence-corrected chi connectivity index (χ0v) is 13.2. The summed E-state index contributed by atoms with van der Waals surface area (Å²) in [7, 11) is 0. The van der Waals surface area contributed by atoms with Gasteiger partial charge in [-0.3, -0.25) is 4.90 Å². The molecule has 0 spiro atoms. The summed E-state index contributed by atoms with van der Waals surface area (Å²) < 4.78 is 13.7. The van der Waals surface area contributed by atoms with Crippen molar-refractivity contribution < 1.29 is 4.39 Å². The van der Waals surface area contributed by atoms with Gasteiger partial charge in [-0.05, 0) is 70.3 Å². The molecule has 1 heterocycles. The molecular weight excluding hydrogens is 251 g/mol. The number of nitrogens with zero attached hydrogens (tertiary/aromatic N) is 1. The van der Waals surface area contributed by atoms with Gasteiger partial charge in [-0.2, -0.15) is 0 Å². The molecule has 2 atom stereocenters. The quantitative estimate of drug-likeness (QED) is 0.892. The van der Waals surface area contributed by atoms with Gasteiger partial charge in [0.15, 0.2) is 0 Å². The van der Waals surface area contributed by atoms with Gasteiger partial charge in [0, 0.05) is 18.6 Å². The van der Waals surface area contributed by atoms with Gasteiger partial charge in [0.25, 0.3) is 0 Å². The minimum atomic E-state index is -0.0622. The Morgan fingerprint density at radius 3 is 2.10 bits per heavy atom. The van der Waals surface area contributed by atoms with Crippen LogP contribution in [0.4, 0.5) is 4.39 Å². The fourth-order valence-electron chi connectivity index (χ4n) is 3.06. The lowest BCUT2D eigenvalue weighted by Gasteiger charge is -2.31. The number of halogens is 1. The summed E-state index contributed by atoms with van der Waals surface area (Å²) in [5.74, 6) is -0.0622. The molecule has 0 saturated carbocycles. The van der Waals surface area contributed by atoms with E-state index in [1.807, 2.05) is 26.0 Å². The maximum absolute atomic E-state index is 13.7. The van der Waals surface area contributed by atoms with Crippen molar-refractivity contribution in [1.82, 2.24) is 10.2 Å². The molecule has 0 radical (unpaired) electrons. The van der Waals surface area contributed by atoms with E-state index in [1.165, 1.54) is 18.4 Å². The minimum absolute atomic E-state index is 0.0622. The Morgan fingerprint density at radius 1 is 1.10 bits per heavy atom. The average Bonchev–Trinajstić information content (AvgIpc) is 2.37. The summed E-state index contributed by atoms with van der Waals surface area (Å²) in [4.78, 5) is 2.50. The van der Waals surface area contributed by atoms with Crippen LogP contribution in [0.5, 0.6) is 0 Å². The first-order chi connectivity index (χ1) is 9.45. The predicted octanol–water partition coefficient (Wildman–Crippen LogP) is 3.40. The van der Waals surface area contributed by atoms with E-state index in [-0.39, 0.29) is 5.82 Å². The maximum atomic E-state index is 13.7. The number of benzene rings is 1. The molecule has 3 heteroatoms. The third-order valence-corrected chi connectivity index (χ3v) is 4.23. The van der Waals surface area contributed by atoms with Crippen LogP contribution in [0.3, 0.4) is 0 Å². The first-order valence-corrected chi connectivity index (χ1v) is 7.69. The zero-order chi connectivity index (χ0) is 14.7. The fourth-order valence-corrected chi connectivity index (χ4v) is 3.06. The average molecular weight is 278 g/mol.